The number of benzene rings is 2. The van der Waals surface area contributed by atoms with Gasteiger partial charge in [0, 0.05) is 13.1 Å². The van der Waals surface area contributed by atoms with Crippen molar-refractivity contribution in [2.24, 2.45) is 5.92 Å². The Morgan fingerprint density at radius 2 is 1.50 bits per heavy atom. The van der Waals surface area contributed by atoms with Crippen LogP contribution >= 0.6 is 0 Å². The Morgan fingerprint density at radius 3 is 2.04 bits per heavy atom. The second-order valence-electron chi connectivity index (χ2n) is 8.71. The third-order valence-electron chi connectivity index (χ3n) is 6.19. The smallest absolute Gasteiger partial charge is 0.239 e. The predicted molar refractivity (Wildman–Crippen MR) is 114 cm³/mol. The van der Waals surface area contributed by atoms with Crippen molar-refractivity contribution in [1.82, 2.24) is 10.2 Å². The quantitative estimate of drug-likeness (QED) is 0.833. The molecule has 0 bridgehead atoms. The lowest BCUT2D eigenvalue weighted by molar-refractivity contribution is -0.133. The number of carbonyl (C=O) groups excluding carboxylic acids is 1. The summed E-state index contributed by atoms with van der Waals surface area (Å²) in [6.45, 7) is 6.24. The van der Waals surface area contributed by atoms with E-state index in [0.29, 0.717) is 5.92 Å². The summed E-state index contributed by atoms with van der Waals surface area (Å²) in [4.78, 5) is 15.4. The highest BCUT2D eigenvalue weighted by Crippen LogP contribution is 2.33. The van der Waals surface area contributed by atoms with Gasteiger partial charge in [-0.3, -0.25) is 10.1 Å². The number of hydrogen-bond acceptors (Lipinski definition) is 2. The molecule has 1 aliphatic heterocycles. The average molecular weight is 377 g/mol. The molecular weight excluding hydrogens is 344 g/mol. The van der Waals surface area contributed by atoms with Crippen LogP contribution in [0.4, 0.5) is 0 Å². The zero-order valence-electron chi connectivity index (χ0n) is 17.2. The van der Waals surface area contributed by atoms with Crippen LogP contribution in [0.3, 0.4) is 0 Å². The number of amides is 1. The topological polar surface area (TPSA) is 32.3 Å². The Kier molecular flexibility index (Phi) is 5.82. The normalized spacial score (nSPS) is 17.9. The first kappa shape index (κ1) is 19.2. The van der Waals surface area contributed by atoms with Gasteiger partial charge in [0.25, 0.3) is 0 Å². The third kappa shape index (κ3) is 4.00. The van der Waals surface area contributed by atoms with Crippen LogP contribution in [0, 0.1) is 5.92 Å². The van der Waals surface area contributed by atoms with Crippen LogP contribution in [0.25, 0.3) is 0 Å². The van der Waals surface area contributed by atoms with E-state index in [4.69, 9.17) is 0 Å². The molecule has 1 aliphatic carbocycles. The van der Waals surface area contributed by atoms with E-state index in [2.05, 4.69) is 72.6 Å². The first-order valence-electron chi connectivity index (χ1n) is 10.8. The van der Waals surface area contributed by atoms with Crippen LogP contribution in [0.15, 0.2) is 48.5 Å². The lowest BCUT2D eigenvalue weighted by Crippen LogP contribution is -2.47. The Bertz CT molecular complexity index is 775. The summed E-state index contributed by atoms with van der Waals surface area (Å²) in [7, 11) is 0. The highest BCUT2D eigenvalue weighted by molar-refractivity contribution is 5.82. The van der Waals surface area contributed by atoms with Gasteiger partial charge in [0.05, 0.1) is 12.1 Å². The maximum Gasteiger partial charge on any atom is 0.239 e. The summed E-state index contributed by atoms with van der Waals surface area (Å²) in [5, 5.41) is 3.83. The van der Waals surface area contributed by atoms with Gasteiger partial charge in [0.15, 0.2) is 0 Å². The van der Waals surface area contributed by atoms with Crippen molar-refractivity contribution in [2.45, 2.75) is 58.0 Å². The van der Waals surface area contributed by atoms with Crippen molar-refractivity contribution in [3.8, 4) is 0 Å². The molecule has 1 heterocycles. The molecule has 1 saturated heterocycles. The van der Waals surface area contributed by atoms with E-state index in [0.717, 1.165) is 45.2 Å². The SMILES string of the molecule is CC(C)C[C@H](NC1c2ccccc2CCc2ccccc21)C(=O)N1CCCC1. The molecule has 0 saturated carbocycles. The monoisotopic (exact) mass is 376 g/mol. The van der Waals surface area contributed by atoms with Crippen molar-refractivity contribution in [3.05, 3.63) is 70.8 Å². The molecule has 2 aliphatic rings. The molecule has 148 valence electrons. The predicted octanol–water partition coefficient (Wildman–Crippen LogP) is 4.50. The number of hydrogen-bond donors (Lipinski definition) is 1. The van der Waals surface area contributed by atoms with Gasteiger partial charge < -0.3 is 4.90 Å². The fourth-order valence-corrected chi connectivity index (χ4v) is 4.77. The Hall–Kier alpha value is -2.13. The molecule has 1 N–H and O–H groups in total. The standard InChI is InChI=1S/C25H32N2O/c1-18(2)17-23(25(28)27-15-7-8-16-27)26-24-21-11-5-3-9-19(21)13-14-20-10-4-6-12-22(20)24/h3-6,9-12,18,23-24,26H,7-8,13-17H2,1-2H3/t23-/m0/s1. The van der Waals surface area contributed by atoms with E-state index in [1.165, 1.54) is 22.3 Å². The van der Waals surface area contributed by atoms with Crippen LogP contribution < -0.4 is 5.32 Å². The molecule has 2 aromatic rings. The van der Waals surface area contributed by atoms with Crippen LogP contribution in [0.5, 0.6) is 0 Å². The second-order valence-corrected chi connectivity index (χ2v) is 8.71. The van der Waals surface area contributed by atoms with Gasteiger partial charge in [0.1, 0.15) is 0 Å². The van der Waals surface area contributed by atoms with Crippen molar-refractivity contribution >= 4 is 5.91 Å². The summed E-state index contributed by atoms with van der Waals surface area (Å²) in [5.74, 6) is 0.755. The van der Waals surface area contributed by atoms with Crippen molar-refractivity contribution in [2.75, 3.05) is 13.1 Å². The highest BCUT2D eigenvalue weighted by Gasteiger charge is 2.31. The summed E-state index contributed by atoms with van der Waals surface area (Å²) in [6.07, 6.45) is 5.25. The maximum atomic E-state index is 13.3. The van der Waals surface area contributed by atoms with Gasteiger partial charge in [-0.1, -0.05) is 62.4 Å². The molecular formula is C25H32N2O. The van der Waals surface area contributed by atoms with Gasteiger partial charge in [-0.25, -0.2) is 0 Å². The molecule has 4 rings (SSSR count). The Labute approximate surface area is 169 Å². The number of nitrogens with zero attached hydrogens (tertiary/aromatic N) is 1. The molecule has 1 atom stereocenters. The maximum absolute atomic E-state index is 13.3. The van der Waals surface area contributed by atoms with Crippen LogP contribution in [0.1, 0.15) is 61.4 Å². The zero-order chi connectivity index (χ0) is 19.5. The van der Waals surface area contributed by atoms with Gasteiger partial charge in [0.2, 0.25) is 5.91 Å². The fourth-order valence-electron chi connectivity index (χ4n) is 4.77. The summed E-state index contributed by atoms with van der Waals surface area (Å²) < 4.78 is 0. The summed E-state index contributed by atoms with van der Waals surface area (Å²) >= 11 is 0. The van der Waals surface area contributed by atoms with E-state index in [1.807, 2.05) is 0 Å². The van der Waals surface area contributed by atoms with Gasteiger partial charge >= 0.3 is 0 Å². The molecule has 1 fully saturated rings. The number of carbonyl (C=O) groups is 1. The van der Waals surface area contributed by atoms with Gasteiger partial charge in [-0.2, -0.15) is 0 Å². The first-order valence-corrected chi connectivity index (χ1v) is 10.8. The lowest BCUT2D eigenvalue weighted by Gasteiger charge is -2.30. The molecule has 3 nitrogen and oxygen atoms in total. The van der Waals surface area contributed by atoms with Crippen molar-refractivity contribution in [3.63, 3.8) is 0 Å². The number of fused-ring (bicyclic) bond motifs is 2. The number of aryl methyl sites for hydroxylation is 2. The fraction of sp³-hybridized carbons (Fsp3) is 0.480. The van der Waals surface area contributed by atoms with E-state index in [-0.39, 0.29) is 18.0 Å². The average Bonchev–Trinajstić information content (AvgIpc) is 3.19. The molecule has 0 radical (unpaired) electrons. The van der Waals surface area contributed by atoms with Gasteiger partial charge in [-0.05, 0) is 60.3 Å². The minimum Gasteiger partial charge on any atom is -0.341 e. The van der Waals surface area contributed by atoms with Crippen LogP contribution in [0.2, 0.25) is 0 Å². The number of rotatable bonds is 5. The number of nitrogens with one attached hydrogen (secondary N) is 1. The molecule has 0 spiro atoms. The van der Waals surface area contributed by atoms with Gasteiger partial charge in [-0.15, -0.1) is 0 Å². The van der Waals surface area contributed by atoms with Crippen molar-refractivity contribution < 1.29 is 4.79 Å². The summed E-state index contributed by atoms with van der Waals surface area (Å²) in [6, 6.07) is 17.4. The molecule has 1 amide bonds. The minimum atomic E-state index is -0.137. The van der Waals surface area contributed by atoms with Crippen LogP contribution in [-0.4, -0.2) is 29.9 Å². The molecule has 28 heavy (non-hydrogen) atoms. The third-order valence-corrected chi connectivity index (χ3v) is 6.19. The van der Waals surface area contributed by atoms with E-state index >= 15 is 0 Å². The first-order chi connectivity index (χ1) is 13.6. The lowest BCUT2D eigenvalue weighted by atomic mass is 9.92. The minimum absolute atomic E-state index is 0.0743. The van der Waals surface area contributed by atoms with Crippen molar-refractivity contribution in [1.29, 1.82) is 0 Å². The second kappa shape index (κ2) is 8.48. The number of likely N-dealkylation sites (tertiary alicyclic amines) is 1. The molecule has 2 aromatic carbocycles. The van der Waals surface area contributed by atoms with E-state index < -0.39 is 0 Å². The Morgan fingerprint density at radius 1 is 0.964 bits per heavy atom. The molecule has 0 unspecified atom stereocenters. The van der Waals surface area contributed by atoms with E-state index in [9.17, 15) is 4.79 Å². The largest absolute Gasteiger partial charge is 0.341 e. The molecule has 0 aromatic heterocycles. The highest BCUT2D eigenvalue weighted by atomic mass is 16.2. The molecule has 3 heteroatoms. The Balaban J connectivity index is 1.70. The van der Waals surface area contributed by atoms with Crippen LogP contribution in [-0.2, 0) is 17.6 Å². The zero-order valence-corrected chi connectivity index (χ0v) is 17.2. The van der Waals surface area contributed by atoms with E-state index in [1.54, 1.807) is 0 Å². The summed E-state index contributed by atoms with van der Waals surface area (Å²) in [5.41, 5.74) is 5.45.